The molecule has 2 aromatic carbocycles. The van der Waals surface area contributed by atoms with Crippen LogP contribution in [0, 0.1) is 21.7 Å². The van der Waals surface area contributed by atoms with Crippen LogP contribution < -0.4 is 4.74 Å². The Bertz CT molecular complexity index is 1030. The first-order valence-electron chi connectivity index (χ1n) is 8.03. The minimum atomic E-state index is -1.15. The topological polar surface area (TPSA) is 85.2 Å². The van der Waals surface area contributed by atoms with Crippen LogP contribution in [-0.2, 0) is 6.42 Å². The SMILES string of the molecule is CCc1cc(C(=O)Oc2ccc(F)c(F)c2)c(-c2ccccc2[N+](=O)[O-])[nH]1. The number of aryl methyl sites for hydroxylation is 1. The second-order valence-electron chi connectivity index (χ2n) is 5.68. The van der Waals surface area contributed by atoms with Gasteiger partial charge in [0.05, 0.1) is 21.7 Å². The fourth-order valence-corrected chi connectivity index (χ4v) is 2.62. The van der Waals surface area contributed by atoms with Gasteiger partial charge in [0.1, 0.15) is 5.75 Å². The monoisotopic (exact) mass is 372 g/mol. The number of hydrogen-bond donors (Lipinski definition) is 1. The Morgan fingerprint density at radius 2 is 1.89 bits per heavy atom. The number of aromatic amines is 1. The number of aromatic nitrogens is 1. The van der Waals surface area contributed by atoms with E-state index >= 15 is 0 Å². The number of nitrogens with zero attached hydrogens (tertiary/aromatic N) is 1. The fraction of sp³-hybridized carbons (Fsp3) is 0.105. The summed E-state index contributed by atoms with van der Waals surface area (Å²) in [4.78, 5) is 26.3. The van der Waals surface area contributed by atoms with Gasteiger partial charge in [-0.3, -0.25) is 10.1 Å². The van der Waals surface area contributed by atoms with Crippen molar-refractivity contribution in [1.29, 1.82) is 0 Å². The summed E-state index contributed by atoms with van der Waals surface area (Å²) in [5.41, 5.74) is 1.00. The minimum Gasteiger partial charge on any atom is -0.423 e. The van der Waals surface area contributed by atoms with Crippen molar-refractivity contribution in [2.45, 2.75) is 13.3 Å². The molecule has 0 spiro atoms. The molecular formula is C19H14F2N2O4. The number of hydrogen-bond acceptors (Lipinski definition) is 4. The highest BCUT2D eigenvalue weighted by molar-refractivity contribution is 5.99. The lowest BCUT2D eigenvalue weighted by molar-refractivity contribution is -0.384. The largest absolute Gasteiger partial charge is 0.423 e. The predicted octanol–water partition coefficient (Wildman–Crippen LogP) is 4.65. The van der Waals surface area contributed by atoms with Crippen LogP contribution in [0.5, 0.6) is 5.75 Å². The first-order valence-corrected chi connectivity index (χ1v) is 8.03. The highest BCUT2D eigenvalue weighted by Gasteiger charge is 2.24. The van der Waals surface area contributed by atoms with Crippen LogP contribution >= 0.6 is 0 Å². The first kappa shape index (κ1) is 18.2. The number of rotatable bonds is 5. The van der Waals surface area contributed by atoms with Crippen molar-refractivity contribution in [2.24, 2.45) is 0 Å². The van der Waals surface area contributed by atoms with E-state index in [0.717, 1.165) is 18.2 Å². The van der Waals surface area contributed by atoms with E-state index in [2.05, 4.69) is 4.98 Å². The summed E-state index contributed by atoms with van der Waals surface area (Å²) >= 11 is 0. The molecule has 0 amide bonds. The summed E-state index contributed by atoms with van der Waals surface area (Å²) in [5.74, 6) is -3.23. The van der Waals surface area contributed by atoms with E-state index in [1.165, 1.54) is 24.3 Å². The number of para-hydroxylation sites is 1. The summed E-state index contributed by atoms with van der Waals surface area (Å²) in [6, 6.07) is 10.2. The summed E-state index contributed by atoms with van der Waals surface area (Å²) in [6.45, 7) is 1.85. The fourth-order valence-electron chi connectivity index (χ4n) is 2.62. The van der Waals surface area contributed by atoms with Crippen molar-refractivity contribution < 1.29 is 23.2 Å². The van der Waals surface area contributed by atoms with Gasteiger partial charge in [-0.25, -0.2) is 13.6 Å². The lowest BCUT2D eigenvalue weighted by Crippen LogP contribution is -2.09. The van der Waals surface area contributed by atoms with E-state index < -0.39 is 22.5 Å². The molecule has 6 nitrogen and oxygen atoms in total. The van der Waals surface area contributed by atoms with E-state index in [9.17, 15) is 23.7 Å². The maximum atomic E-state index is 13.3. The Morgan fingerprint density at radius 1 is 1.15 bits per heavy atom. The molecule has 3 rings (SSSR count). The summed E-state index contributed by atoms with van der Waals surface area (Å²) in [5, 5.41) is 11.3. The Kier molecular flexibility index (Phi) is 4.98. The number of ether oxygens (including phenoxy) is 1. The highest BCUT2D eigenvalue weighted by atomic mass is 19.2. The molecule has 8 heteroatoms. The van der Waals surface area contributed by atoms with Gasteiger partial charge in [-0.15, -0.1) is 0 Å². The van der Waals surface area contributed by atoms with Crippen LogP contribution in [0.2, 0.25) is 0 Å². The van der Waals surface area contributed by atoms with Crippen molar-refractivity contribution in [1.82, 2.24) is 4.98 Å². The maximum absolute atomic E-state index is 13.3. The third-order valence-corrected chi connectivity index (χ3v) is 3.95. The second-order valence-corrected chi connectivity index (χ2v) is 5.68. The average Bonchev–Trinajstić information content (AvgIpc) is 3.09. The van der Waals surface area contributed by atoms with Crippen LogP contribution in [0.4, 0.5) is 14.5 Å². The Balaban J connectivity index is 2.03. The third-order valence-electron chi connectivity index (χ3n) is 3.95. The highest BCUT2D eigenvalue weighted by Crippen LogP contribution is 2.32. The predicted molar refractivity (Wildman–Crippen MR) is 93.6 cm³/mol. The van der Waals surface area contributed by atoms with E-state index in [0.29, 0.717) is 12.1 Å². The van der Waals surface area contributed by atoms with Gasteiger partial charge in [0.15, 0.2) is 11.6 Å². The molecule has 0 aliphatic carbocycles. The van der Waals surface area contributed by atoms with Crippen LogP contribution in [0.3, 0.4) is 0 Å². The number of halogens is 2. The zero-order valence-corrected chi connectivity index (χ0v) is 14.2. The van der Waals surface area contributed by atoms with Crippen LogP contribution in [-0.4, -0.2) is 15.9 Å². The number of carbonyl (C=O) groups excluding carboxylic acids is 1. The normalized spacial score (nSPS) is 10.6. The van der Waals surface area contributed by atoms with Crippen molar-refractivity contribution in [3.8, 4) is 17.0 Å². The van der Waals surface area contributed by atoms with Gasteiger partial charge in [0.2, 0.25) is 0 Å². The van der Waals surface area contributed by atoms with Crippen molar-refractivity contribution >= 4 is 11.7 Å². The molecule has 0 radical (unpaired) electrons. The number of nitrogens with one attached hydrogen (secondary N) is 1. The van der Waals surface area contributed by atoms with Gasteiger partial charge >= 0.3 is 5.97 Å². The van der Waals surface area contributed by atoms with E-state index in [4.69, 9.17) is 4.74 Å². The summed E-state index contributed by atoms with van der Waals surface area (Å²) in [6.07, 6.45) is 0.548. The van der Waals surface area contributed by atoms with Crippen molar-refractivity contribution in [3.05, 3.63) is 81.5 Å². The molecule has 0 unspecified atom stereocenters. The molecular weight excluding hydrogens is 358 g/mol. The van der Waals surface area contributed by atoms with Gasteiger partial charge in [-0.1, -0.05) is 19.1 Å². The van der Waals surface area contributed by atoms with Gasteiger partial charge < -0.3 is 9.72 Å². The van der Waals surface area contributed by atoms with Crippen molar-refractivity contribution in [2.75, 3.05) is 0 Å². The van der Waals surface area contributed by atoms with Gasteiger partial charge in [-0.2, -0.15) is 0 Å². The lowest BCUT2D eigenvalue weighted by atomic mass is 10.1. The molecule has 0 aliphatic heterocycles. The number of carbonyl (C=O) groups is 1. The van der Waals surface area contributed by atoms with Crippen LogP contribution in [0.1, 0.15) is 23.0 Å². The van der Waals surface area contributed by atoms with E-state index in [-0.39, 0.29) is 28.3 Å². The zero-order valence-electron chi connectivity index (χ0n) is 14.2. The average molecular weight is 372 g/mol. The Labute approximate surface area is 152 Å². The van der Waals surface area contributed by atoms with Crippen LogP contribution in [0.15, 0.2) is 48.5 Å². The van der Waals surface area contributed by atoms with E-state index in [1.807, 2.05) is 6.92 Å². The van der Waals surface area contributed by atoms with E-state index in [1.54, 1.807) is 6.07 Å². The molecule has 0 bridgehead atoms. The first-order chi connectivity index (χ1) is 12.9. The standard InChI is InChI=1S/C19H14F2N2O4/c1-2-11-9-14(19(24)27-12-7-8-15(20)16(21)10-12)18(22-11)13-5-3-4-6-17(13)23(25)26/h3-10,22H,2H2,1H3. The molecule has 138 valence electrons. The molecule has 3 aromatic rings. The second kappa shape index (κ2) is 7.36. The molecule has 1 aromatic heterocycles. The molecule has 0 atom stereocenters. The number of nitro groups is 1. The maximum Gasteiger partial charge on any atom is 0.345 e. The summed E-state index contributed by atoms with van der Waals surface area (Å²) in [7, 11) is 0. The van der Waals surface area contributed by atoms with Gasteiger partial charge in [-0.05, 0) is 30.7 Å². The Hall–Kier alpha value is -3.55. The molecule has 0 fully saturated rings. The number of benzene rings is 2. The molecule has 0 aliphatic rings. The molecule has 1 N–H and O–H groups in total. The zero-order chi connectivity index (χ0) is 19.6. The van der Waals surface area contributed by atoms with Gasteiger partial charge in [0, 0.05) is 17.8 Å². The Morgan fingerprint density at radius 3 is 2.56 bits per heavy atom. The quantitative estimate of drug-likeness (QED) is 0.306. The van der Waals surface area contributed by atoms with Gasteiger partial charge in [0.25, 0.3) is 5.69 Å². The number of H-pyrrole nitrogens is 1. The molecule has 27 heavy (non-hydrogen) atoms. The third kappa shape index (κ3) is 3.69. The summed E-state index contributed by atoms with van der Waals surface area (Å²) < 4.78 is 31.5. The minimum absolute atomic E-state index is 0.0610. The lowest BCUT2D eigenvalue weighted by Gasteiger charge is -2.07. The smallest absolute Gasteiger partial charge is 0.345 e. The van der Waals surface area contributed by atoms with Crippen molar-refractivity contribution in [3.63, 3.8) is 0 Å². The molecule has 1 heterocycles. The van der Waals surface area contributed by atoms with Crippen LogP contribution in [0.25, 0.3) is 11.3 Å². The molecule has 0 saturated carbocycles. The molecule has 0 saturated heterocycles. The number of nitro benzene ring substituents is 1. The number of esters is 1.